The van der Waals surface area contributed by atoms with Crippen molar-refractivity contribution in [1.82, 2.24) is 4.90 Å². The fraction of sp³-hybridized carbons (Fsp3) is 0.600. The normalized spacial score (nSPS) is 18.2. The van der Waals surface area contributed by atoms with Crippen molar-refractivity contribution in [3.05, 3.63) is 12.0 Å². The molecule has 1 rings (SSSR count). The molecule has 0 amide bonds. The van der Waals surface area contributed by atoms with Gasteiger partial charge in [0, 0.05) is 6.20 Å². The molecule has 0 saturated heterocycles. The highest BCUT2D eigenvalue weighted by Gasteiger charge is 2.05. The minimum atomic E-state index is 0.511. The summed E-state index contributed by atoms with van der Waals surface area (Å²) in [7, 11) is 0. The van der Waals surface area contributed by atoms with Crippen LogP contribution in [0.5, 0.6) is 0 Å². The van der Waals surface area contributed by atoms with E-state index >= 15 is 0 Å². The molecule has 0 atom stereocenters. The monoisotopic (exact) mass is 133 g/mol. The number of alkyl halides is 1. The fourth-order valence-corrected chi connectivity index (χ4v) is 0.723. The lowest BCUT2D eigenvalue weighted by atomic mass is 10.6. The van der Waals surface area contributed by atoms with E-state index in [-0.39, 0.29) is 0 Å². The van der Waals surface area contributed by atoms with Crippen molar-refractivity contribution in [3.63, 3.8) is 0 Å². The van der Waals surface area contributed by atoms with Gasteiger partial charge in [0.05, 0.1) is 6.00 Å². The minimum absolute atomic E-state index is 0.511. The zero-order valence-corrected chi connectivity index (χ0v) is 5.48. The predicted octanol–water partition coefficient (Wildman–Crippen LogP) is 1.33. The van der Waals surface area contributed by atoms with Crippen LogP contribution in [-0.4, -0.2) is 17.6 Å². The highest BCUT2D eigenvalue weighted by molar-refractivity contribution is 6.17. The van der Waals surface area contributed by atoms with Crippen molar-refractivity contribution >= 4 is 11.6 Å². The first-order chi connectivity index (χ1) is 3.83. The zero-order valence-electron chi connectivity index (χ0n) is 4.72. The second-order valence-electron chi connectivity index (χ2n) is 1.72. The molecular formula is C5H8ClNO. The van der Waals surface area contributed by atoms with Gasteiger partial charge in [-0.2, -0.15) is 0 Å². The van der Waals surface area contributed by atoms with Crippen molar-refractivity contribution in [1.29, 1.82) is 0 Å². The summed E-state index contributed by atoms with van der Waals surface area (Å²) in [6, 6.07) is 0.511. The summed E-state index contributed by atoms with van der Waals surface area (Å²) in [5.74, 6) is 0.936. The van der Waals surface area contributed by atoms with Gasteiger partial charge < -0.3 is 9.64 Å². The van der Waals surface area contributed by atoms with Crippen LogP contribution in [0.25, 0.3) is 0 Å². The van der Waals surface area contributed by atoms with E-state index in [0.29, 0.717) is 12.7 Å². The molecule has 0 aliphatic carbocycles. The maximum atomic E-state index is 5.47. The zero-order chi connectivity index (χ0) is 5.98. The van der Waals surface area contributed by atoms with E-state index < -0.39 is 0 Å². The molecule has 1 heterocycles. The molecule has 1 aliphatic rings. The number of hydrogen-bond acceptors (Lipinski definition) is 2. The smallest absolute Gasteiger partial charge is 0.161 e. The van der Waals surface area contributed by atoms with Gasteiger partial charge in [-0.15, -0.1) is 11.6 Å². The minimum Gasteiger partial charge on any atom is -0.476 e. The number of nitrogens with zero attached hydrogens (tertiary/aromatic N) is 1. The quantitative estimate of drug-likeness (QED) is 0.395. The molecule has 0 aromatic heterocycles. The van der Waals surface area contributed by atoms with Crippen LogP contribution >= 0.6 is 11.6 Å². The first kappa shape index (κ1) is 5.76. The lowest BCUT2D eigenvalue weighted by Gasteiger charge is -2.05. The first-order valence-electron chi connectivity index (χ1n) is 2.44. The lowest BCUT2D eigenvalue weighted by Crippen LogP contribution is -2.11. The molecule has 0 unspecified atom stereocenters. The van der Waals surface area contributed by atoms with Gasteiger partial charge in [0.25, 0.3) is 0 Å². The lowest BCUT2D eigenvalue weighted by molar-refractivity contribution is 0.166. The van der Waals surface area contributed by atoms with Crippen LogP contribution in [-0.2, 0) is 4.74 Å². The van der Waals surface area contributed by atoms with Crippen LogP contribution < -0.4 is 0 Å². The number of hydrogen-bond donors (Lipinski definition) is 0. The van der Waals surface area contributed by atoms with Crippen molar-refractivity contribution in [3.8, 4) is 0 Å². The summed E-state index contributed by atoms with van der Waals surface area (Å²) in [6.07, 6.45) is 1.90. The number of halogens is 1. The largest absolute Gasteiger partial charge is 0.476 e. The molecule has 0 saturated carbocycles. The highest BCUT2D eigenvalue weighted by Crippen LogP contribution is 2.08. The molecule has 3 heteroatoms. The van der Waals surface area contributed by atoms with Crippen molar-refractivity contribution in [2.24, 2.45) is 0 Å². The molecule has 46 valence electrons. The molecule has 0 spiro atoms. The third-order valence-corrected chi connectivity index (χ3v) is 1.28. The molecule has 2 nitrogen and oxygen atoms in total. The molecule has 0 aromatic rings. The van der Waals surface area contributed by atoms with Crippen LogP contribution in [0.3, 0.4) is 0 Å². The third kappa shape index (κ3) is 1.07. The van der Waals surface area contributed by atoms with E-state index in [2.05, 4.69) is 0 Å². The molecule has 0 radical (unpaired) electrons. The summed E-state index contributed by atoms with van der Waals surface area (Å²) in [5.41, 5.74) is 0. The SMILES string of the molecule is CC1=CN(CCl)CO1. The predicted molar refractivity (Wildman–Crippen MR) is 32.3 cm³/mol. The van der Waals surface area contributed by atoms with E-state index in [4.69, 9.17) is 16.3 Å². The van der Waals surface area contributed by atoms with Crippen LogP contribution in [0.2, 0.25) is 0 Å². The van der Waals surface area contributed by atoms with Crippen LogP contribution in [0.15, 0.2) is 12.0 Å². The standard InChI is InChI=1S/C5H8ClNO/c1-5-2-7(3-6)4-8-5/h2H,3-4H2,1H3. The summed E-state index contributed by atoms with van der Waals surface area (Å²) in [6.45, 7) is 2.52. The van der Waals surface area contributed by atoms with E-state index in [1.54, 1.807) is 0 Å². The number of allylic oxidation sites excluding steroid dienone is 1. The Bertz CT molecular complexity index is 113. The van der Waals surface area contributed by atoms with Crippen LogP contribution in [0.1, 0.15) is 6.92 Å². The molecule has 1 aliphatic heterocycles. The van der Waals surface area contributed by atoms with Crippen molar-refractivity contribution < 1.29 is 4.74 Å². The van der Waals surface area contributed by atoms with E-state index in [0.717, 1.165) is 5.76 Å². The Hall–Kier alpha value is -0.370. The second kappa shape index (κ2) is 2.27. The van der Waals surface area contributed by atoms with Gasteiger partial charge in [-0.25, -0.2) is 0 Å². The number of rotatable bonds is 1. The maximum absolute atomic E-state index is 5.47. The highest BCUT2D eigenvalue weighted by atomic mass is 35.5. The Morgan fingerprint density at radius 2 is 2.75 bits per heavy atom. The fourth-order valence-electron chi connectivity index (χ4n) is 0.585. The van der Waals surface area contributed by atoms with Gasteiger partial charge in [-0.3, -0.25) is 0 Å². The summed E-state index contributed by atoms with van der Waals surface area (Å²) in [5, 5.41) is 0. The van der Waals surface area contributed by atoms with Gasteiger partial charge in [-0.05, 0) is 6.92 Å². The average Bonchev–Trinajstić information content (AvgIpc) is 2.14. The van der Waals surface area contributed by atoms with Gasteiger partial charge in [0.2, 0.25) is 0 Å². The van der Waals surface area contributed by atoms with Gasteiger partial charge in [0.1, 0.15) is 5.76 Å². The topological polar surface area (TPSA) is 12.5 Å². The molecule has 0 aromatic carbocycles. The molecular weight excluding hydrogens is 126 g/mol. The Kier molecular flexibility index (Phi) is 1.63. The van der Waals surface area contributed by atoms with Crippen molar-refractivity contribution in [2.45, 2.75) is 6.92 Å². The first-order valence-corrected chi connectivity index (χ1v) is 2.97. The van der Waals surface area contributed by atoms with E-state index in [1.165, 1.54) is 0 Å². The van der Waals surface area contributed by atoms with Gasteiger partial charge in [-0.1, -0.05) is 0 Å². The summed E-state index contributed by atoms with van der Waals surface area (Å²) < 4.78 is 5.06. The Morgan fingerprint density at radius 3 is 3.00 bits per heavy atom. The van der Waals surface area contributed by atoms with Gasteiger partial charge in [0.15, 0.2) is 6.73 Å². The summed E-state index contributed by atoms with van der Waals surface area (Å²) in [4.78, 5) is 1.89. The molecule has 0 fully saturated rings. The Labute approximate surface area is 53.7 Å². The van der Waals surface area contributed by atoms with Gasteiger partial charge >= 0.3 is 0 Å². The van der Waals surface area contributed by atoms with E-state index in [1.807, 2.05) is 18.0 Å². The summed E-state index contributed by atoms with van der Waals surface area (Å²) >= 11 is 5.47. The maximum Gasteiger partial charge on any atom is 0.161 e. The molecule has 0 bridgehead atoms. The van der Waals surface area contributed by atoms with Crippen LogP contribution in [0.4, 0.5) is 0 Å². The third-order valence-electron chi connectivity index (χ3n) is 0.976. The van der Waals surface area contributed by atoms with E-state index in [9.17, 15) is 0 Å². The molecule has 0 N–H and O–H groups in total. The van der Waals surface area contributed by atoms with Crippen LogP contribution in [0, 0.1) is 0 Å². The Morgan fingerprint density at radius 1 is 2.00 bits per heavy atom. The number of ether oxygens (including phenoxy) is 1. The average molecular weight is 134 g/mol. The Balaban J connectivity index is 2.41. The van der Waals surface area contributed by atoms with Crippen molar-refractivity contribution in [2.75, 3.05) is 12.7 Å². The second-order valence-corrected chi connectivity index (χ2v) is 1.96. The molecule has 8 heavy (non-hydrogen) atoms.